The van der Waals surface area contributed by atoms with Gasteiger partial charge in [-0.1, -0.05) is 12.1 Å². The Morgan fingerprint density at radius 3 is 2.69 bits per heavy atom. The third-order valence-corrected chi connectivity index (χ3v) is 2.59. The summed E-state index contributed by atoms with van der Waals surface area (Å²) in [6.45, 7) is 3.58. The Balaban J connectivity index is 2.75. The first kappa shape index (κ1) is 10.6. The molecule has 0 saturated heterocycles. The summed E-state index contributed by atoms with van der Waals surface area (Å²) < 4.78 is 0. The van der Waals surface area contributed by atoms with Gasteiger partial charge in [-0.05, 0) is 31.5 Å². The molecule has 3 heteroatoms. The number of Topliss-reactive ketones (excluding diaryl/α,β-unsaturated/α-hetero) is 1. The van der Waals surface area contributed by atoms with E-state index in [1.165, 1.54) is 0 Å². The van der Waals surface area contributed by atoms with E-state index in [0.29, 0.717) is 11.4 Å². The number of hydrogen-bond donors (Lipinski definition) is 1. The third-order valence-electron chi connectivity index (χ3n) is 2.59. The van der Waals surface area contributed by atoms with Gasteiger partial charge in [-0.3, -0.25) is 4.79 Å². The van der Waals surface area contributed by atoms with Crippen LogP contribution in [0.4, 0.5) is 5.82 Å². The molecule has 1 heterocycles. The molecule has 0 amide bonds. The van der Waals surface area contributed by atoms with Gasteiger partial charge in [0.25, 0.3) is 0 Å². The number of nitrogens with zero attached hydrogens (tertiary/aromatic N) is 1. The van der Waals surface area contributed by atoms with E-state index in [1.54, 1.807) is 14.0 Å². The van der Waals surface area contributed by atoms with E-state index in [2.05, 4.69) is 10.3 Å². The molecule has 0 aliphatic carbocycles. The Morgan fingerprint density at radius 2 is 2.06 bits per heavy atom. The fourth-order valence-corrected chi connectivity index (χ4v) is 1.74. The maximum Gasteiger partial charge on any atom is 0.163 e. The predicted octanol–water partition coefficient (Wildman–Crippen LogP) is 2.79. The van der Waals surface area contributed by atoms with Crippen LogP contribution in [0, 0.1) is 6.92 Å². The van der Waals surface area contributed by atoms with Crippen molar-refractivity contribution < 1.29 is 4.79 Å². The van der Waals surface area contributed by atoms with Gasteiger partial charge in [-0.25, -0.2) is 4.98 Å². The summed E-state index contributed by atoms with van der Waals surface area (Å²) in [5, 5.41) is 3.95. The second-order valence-corrected chi connectivity index (χ2v) is 3.89. The fraction of sp³-hybridized carbons (Fsp3) is 0.231. The van der Waals surface area contributed by atoms with Crippen molar-refractivity contribution in [1.82, 2.24) is 4.98 Å². The smallest absolute Gasteiger partial charge is 0.163 e. The Labute approximate surface area is 94.5 Å². The lowest BCUT2D eigenvalue weighted by molar-refractivity contribution is 0.101. The molecule has 1 aromatic heterocycles. The van der Waals surface area contributed by atoms with Crippen LogP contribution >= 0.6 is 0 Å². The monoisotopic (exact) mass is 214 g/mol. The summed E-state index contributed by atoms with van der Waals surface area (Å²) >= 11 is 0. The highest BCUT2D eigenvalue weighted by Gasteiger charge is 2.09. The number of benzene rings is 1. The average Bonchev–Trinajstić information content (AvgIpc) is 2.26. The molecule has 2 aromatic rings. The van der Waals surface area contributed by atoms with Crippen LogP contribution in [0.15, 0.2) is 24.3 Å². The summed E-state index contributed by atoms with van der Waals surface area (Å²) in [5.74, 6) is 0.671. The molecule has 16 heavy (non-hydrogen) atoms. The van der Waals surface area contributed by atoms with Crippen LogP contribution in [0.2, 0.25) is 0 Å². The first-order valence-corrected chi connectivity index (χ1v) is 5.22. The van der Waals surface area contributed by atoms with Gasteiger partial charge in [-0.15, -0.1) is 0 Å². The van der Waals surface area contributed by atoms with E-state index in [4.69, 9.17) is 0 Å². The number of hydrogen-bond acceptors (Lipinski definition) is 3. The van der Waals surface area contributed by atoms with Crippen LogP contribution in [-0.4, -0.2) is 17.8 Å². The standard InChI is InChI=1S/C13H14N2O/c1-8-4-5-10-7-11(9(2)16)13(14-3)15-12(10)6-8/h4-7H,1-3H3,(H,14,15). The number of anilines is 1. The lowest BCUT2D eigenvalue weighted by atomic mass is 10.1. The van der Waals surface area contributed by atoms with Gasteiger partial charge in [0.1, 0.15) is 5.82 Å². The molecule has 0 radical (unpaired) electrons. The lowest BCUT2D eigenvalue weighted by Gasteiger charge is -2.07. The number of nitrogens with one attached hydrogen (secondary N) is 1. The normalized spacial score (nSPS) is 10.4. The van der Waals surface area contributed by atoms with E-state index >= 15 is 0 Å². The molecule has 82 valence electrons. The van der Waals surface area contributed by atoms with Gasteiger partial charge in [0.05, 0.1) is 11.1 Å². The molecule has 0 atom stereocenters. The first-order chi connectivity index (χ1) is 7.61. The second kappa shape index (κ2) is 3.93. The average molecular weight is 214 g/mol. The number of rotatable bonds is 2. The van der Waals surface area contributed by atoms with Gasteiger partial charge < -0.3 is 5.32 Å². The van der Waals surface area contributed by atoms with Crippen LogP contribution in [-0.2, 0) is 0 Å². The second-order valence-electron chi connectivity index (χ2n) is 3.89. The molecule has 0 unspecified atom stereocenters. The van der Waals surface area contributed by atoms with Crippen molar-refractivity contribution in [3.63, 3.8) is 0 Å². The van der Waals surface area contributed by atoms with Crippen LogP contribution in [0.1, 0.15) is 22.8 Å². The van der Waals surface area contributed by atoms with E-state index < -0.39 is 0 Å². The Bertz CT molecular complexity index is 561. The summed E-state index contributed by atoms with van der Waals surface area (Å²) in [6.07, 6.45) is 0. The fourth-order valence-electron chi connectivity index (χ4n) is 1.74. The lowest BCUT2D eigenvalue weighted by Crippen LogP contribution is -2.03. The van der Waals surface area contributed by atoms with Gasteiger partial charge in [0.15, 0.2) is 5.78 Å². The van der Waals surface area contributed by atoms with E-state index in [9.17, 15) is 4.79 Å². The van der Waals surface area contributed by atoms with Gasteiger partial charge in [0, 0.05) is 12.4 Å². The number of pyridine rings is 1. The van der Waals surface area contributed by atoms with E-state index in [1.807, 2.05) is 31.2 Å². The molecule has 0 spiro atoms. The summed E-state index contributed by atoms with van der Waals surface area (Å²) in [5.41, 5.74) is 2.71. The van der Waals surface area contributed by atoms with Crippen molar-refractivity contribution in [1.29, 1.82) is 0 Å². The number of carbonyl (C=O) groups excluding carboxylic acids is 1. The number of aryl methyl sites for hydroxylation is 1. The SMILES string of the molecule is CNc1nc2cc(C)ccc2cc1C(C)=O. The largest absolute Gasteiger partial charge is 0.373 e. The van der Waals surface area contributed by atoms with Crippen LogP contribution < -0.4 is 5.32 Å². The maximum absolute atomic E-state index is 11.5. The number of ketones is 1. The molecule has 1 N–H and O–H groups in total. The topological polar surface area (TPSA) is 42.0 Å². The van der Waals surface area contributed by atoms with E-state index in [0.717, 1.165) is 16.5 Å². The van der Waals surface area contributed by atoms with Crippen LogP contribution in [0.5, 0.6) is 0 Å². The highest BCUT2D eigenvalue weighted by atomic mass is 16.1. The van der Waals surface area contributed by atoms with Crippen molar-refractivity contribution in [3.05, 3.63) is 35.4 Å². The zero-order valence-electron chi connectivity index (χ0n) is 9.66. The molecular weight excluding hydrogens is 200 g/mol. The molecule has 2 rings (SSSR count). The highest BCUT2D eigenvalue weighted by Crippen LogP contribution is 2.21. The van der Waals surface area contributed by atoms with E-state index in [-0.39, 0.29) is 5.78 Å². The molecule has 3 nitrogen and oxygen atoms in total. The zero-order chi connectivity index (χ0) is 11.7. The van der Waals surface area contributed by atoms with Crippen LogP contribution in [0.3, 0.4) is 0 Å². The maximum atomic E-state index is 11.5. The van der Waals surface area contributed by atoms with Gasteiger partial charge >= 0.3 is 0 Å². The highest BCUT2D eigenvalue weighted by molar-refractivity contribution is 6.02. The van der Waals surface area contributed by atoms with Crippen LogP contribution in [0.25, 0.3) is 10.9 Å². The van der Waals surface area contributed by atoms with Crippen molar-refractivity contribution in [3.8, 4) is 0 Å². The Morgan fingerprint density at radius 1 is 1.31 bits per heavy atom. The molecule has 0 fully saturated rings. The third kappa shape index (κ3) is 1.76. The number of carbonyl (C=O) groups is 1. The number of aromatic nitrogens is 1. The predicted molar refractivity (Wildman–Crippen MR) is 66.0 cm³/mol. The first-order valence-electron chi connectivity index (χ1n) is 5.22. The Hall–Kier alpha value is -1.90. The minimum absolute atomic E-state index is 0.0272. The van der Waals surface area contributed by atoms with Crippen molar-refractivity contribution >= 4 is 22.5 Å². The van der Waals surface area contributed by atoms with Crippen molar-refractivity contribution in [2.24, 2.45) is 0 Å². The summed E-state index contributed by atoms with van der Waals surface area (Å²) in [6, 6.07) is 7.91. The van der Waals surface area contributed by atoms with Crippen molar-refractivity contribution in [2.75, 3.05) is 12.4 Å². The molecule has 0 aliphatic heterocycles. The molecule has 0 bridgehead atoms. The molecule has 1 aromatic carbocycles. The minimum atomic E-state index is 0.0272. The van der Waals surface area contributed by atoms with Gasteiger partial charge in [-0.2, -0.15) is 0 Å². The summed E-state index contributed by atoms with van der Waals surface area (Å²) in [4.78, 5) is 15.9. The molecular formula is C13H14N2O. The van der Waals surface area contributed by atoms with Gasteiger partial charge in [0.2, 0.25) is 0 Å². The quantitative estimate of drug-likeness (QED) is 0.781. The van der Waals surface area contributed by atoms with Crippen molar-refractivity contribution in [2.45, 2.75) is 13.8 Å². The zero-order valence-corrected chi connectivity index (χ0v) is 9.66. The summed E-state index contributed by atoms with van der Waals surface area (Å²) in [7, 11) is 1.77. The number of fused-ring (bicyclic) bond motifs is 1. The Kier molecular flexibility index (Phi) is 2.60. The molecule has 0 aliphatic rings. The minimum Gasteiger partial charge on any atom is -0.373 e. The molecule has 0 saturated carbocycles.